The van der Waals surface area contributed by atoms with Crippen molar-refractivity contribution in [3.8, 4) is 34.6 Å². The Balaban J connectivity index is 1.19. The summed E-state index contributed by atoms with van der Waals surface area (Å²) < 4.78 is 23.1. The van der Waals surface area contributed by atoms with Gasteiger partial charge in [-0.3, -0.25) is 0 Å². The Morgan fingerprint density at radius 2 is 1.88 bits per heavy atom. The average Bonchev–Trinajstić information content (AvgIpc) is 3.04. The monoisotopic (exact) mass is 587 g/mol. The van der Waals surface area contributed by atoms with Crippen LogP contribution in [0.15, 0.2) is 48.7 Å². The third-order valence-corrected chi connectivity index (χ3v) is 7.83. The van der Waals surface area contributed by atoms with Gasteiger partial charge < -0.3 is 34.3 Å². The first-order valence-electron chi connectivity index (χ1n) is 14.7. The number of aromatic nitrogens is 2. The Bertz CT molecular complexity index is 1430. The minimum atomic E-state index is -0.835. The highest BCUT2D eigenvalue weighted by Crippen LogP contribution is 2.33. The van der Waals surface area contributed by atoms with Gasteiger partial charge in [0.15, 0.2) is 11.5 Å². The lowest BCUT2D eigenvalue weighted by Gasteiger charge is -2.29. The van der Waals surface area contributed by atoms with Crippen LogP contribution >= 0.6 is 0 Å². The number of anilines is 2. The molecule has 0 bridgehead atoms. The van der Waals surface area contributed by atoms with E-state index in [4.69, 9.17) is 24.1 Å². The van der Waals surface area contributed by atoms with E-state index < -0.39 is 6.09 Å². The standard InChI is InChI=1S/C32H37N5O6/c1-40-29-7-5-25(20-30(29)42-16-2-3-22-9-14-37(15-10-22)32(38)39)35-31-34-13-8-27(36-31)23-4-6-28(24(19-23)21-33)43-26-11-17-41-18-12-26/h4-8,13,19-20,22,26H,2-3,9-12,14-18H2,1H3,(H,38,39)(H,34,35,36). The number of ether oxygens (including phenoxy) is 4. The topological polar surface area (TPSA) is 139 Å². The maximum Gasteiger partial charge on any atom is 0.407 e. The number of rotatable bonds is 11. The van der Waals surface area contributed by atoms with Crippen molar-refractivity contribution in [2.45, 2.75) is 44.6 Å². The number of piperidine rings is 1. The van der Waals surface area contributed by atoms with E-state index in [1.165, 1.54) is 4.90 Å². The lowest BCUT2D eigenvalue weighted by atomic mass is 9.92. The number of carboxylic acid groups (broad SMARTS) is 1. The van der Waals surface area contributed by atoms with Crippen molar-refractivity contribution in [2.75, 3.05) is 45.3 Å². The van der Waals surface area contributed by atoms with Gasteiger partial charge in [0.2, 0.25) is 5.95 Å². The second-order valence-electron chi connectivity index (χ2n) is 10.7. The van der Waals surface area contributed by atoms with Gasteiger partial charge >= 0.3 is 6.09 Å². The van der Waals surface area contributed by atoms with E-state index in [-0.39, 0.29) is 6.10 Å². The zero-order chi connectivity index (χ0) is 30.0. The molecule has 2 aliphatic rings. The number of benzene rings is 2. The van der Waals surface area contributed by atoms with Gasteiger partial charge in [-0.15, -0.1) is 0 Å². The second kappa shape index (κ2) is 14.6. The largest absolute Gasteiger partial charge is 0.493 e. The molecule has 1 amide bonds. The molecule has 0 aliphatic carbocycles. The molecular weight excluding hydrogens is 550 g/mol. The SMILES string of the molecule is COc1ccc(Nc2nccc(-c3ccc(OC4CCOCC4)c(C#N)c3)n2)cc1OCCCC1CCN(C(=O)O)CC1. The number of amides is 1. The maximum atomic E-state index is 11.1. The summed E-state index contributed by atoms with van der Waals surface area (Å²) >= 11 is 0. The van der Waals surface area contributed by atoms with Crippen LogP contribution in [0.3, 0.4) is 0 Å². The molecule has 2 aromatic carbocycles. The molecule has 2 N–H and O–H groups in total. The zero-order valence-electron chi connectivity index (χ0n) is 24.3. The Hall–Kier alpha value is -4.56. The smallest absolute Gasteiger partial charge is 0.407 e. The van der Waals surface area contributed by atoms with E-state index in [0.29, 0.717) is 73.3 Å². The fourth-order valence-corrected chi connectivity index (χ4v) is 5.40. The molecule has 0 spiro atoms. The van der Waals surface area contributed by atoms with Gasteiger partial charge in [-0.25, -0.2) is 14.8 Å². The number of carbonyl (C=O) groups is 1. The molecule has 11 nitrogen and oxygen atoms in total. The first-order chi connectivity index (χ1) is 21.0. The summed E-state index contributed by atoms with van der Waals surface area (Å²) in [5.41, 5.74) is 2.66. The molecule has 11 heteroatoms. The van der Waals surface area contributed by atoms with E-state index in [2.05, 4.69) is 21.4 Å². The zero-order valence-corrected chi connectivity index (χ0v) is 24.3. The summed E-state index contributed by atoms with van der Waals surface area (Å²) in [6, 6.07) is 15.1. The lowest BCUT2D eigenvalue weighted by molar-refractivity contribution is 0.0254. The van der Waals surface area contributed by atoms with Crippen molar-refractivity contribution < 1.29 is 28.8 Å². The molecule has 0 unspecified atom stereocenters. The minimum absolute atomic E-state index is 0.0451. The van der Waals surface area contributed by atoms with Gasteiger partial charge in [0.1, 0.15) is 17.9 Å². The first-order valence-corrected chi connectivity index (χ1v) is 14.7. The van der Waals surface area contributed by atoms with Gasteiger partial charge in [0.05, 0.1) is 38.2 Å². The molecule has 5 rings (SSSR count). The molecule has 3 heterocycles. The summed E-state index contributed by atoms with van der Waals surface area (Å²) in [5, 5.41) is 22.1. The highest BCUT2D eigenvalue weighted by molar-refractivity contribution is 5.67. The fraction of sp³-hybridized carbons (Fsp3) is 0.438. The Kier molecular flexibility index (Phi) is 10.1. The Morgan fingerprint density at radius 3 is 2.63 bits per heavy atom. The van der Waals surface area contributed by atoms with Gasteiger partial charge in [0.25, 0.3) is 0 Å². The van der Waals surface area contributed by atoms with Crippen LogP contribution in [0.25, 0.3) is 11.3 Å². The number of nitrogens with one attached hydrogen (secondary N) is 1. The minimum Gasteiger partial charge on any atom is -0.493 e. The van der Waals surface area contributed by atoms with Crippen LogP contribution in [-0.2, 0) is 4.74 Å². The van der Waals surface area contributed by atoms with Crippen LogP contribution < -0.4 is 19.5 Å². The molecule has 0 atom stereocenters. The number of nitriles is 1. The predicted octanol–water partition coefficient (Wildman–Crippen LogP) is 5.87. The summed E-state index contributed by atoms with van der Waals surface area (Å²) in [7, 11) is 1.60. The third-order valence-electron chi connectivity index (χ3n) is 7.83. The second-order valence-corrected chi connectivity index (χ2v) is 10.7. The molecule has 226 valence electrons. The molecule has 0 saturated carbocycles. The summed E-state index contributed by atoms with van der Waals surface area (Å²) in [6.07, 6.45) is 6.13. The third kappa shape index (κ3) is 8.05. The molecule has 2 saturated heterocycles. The average molecular weight is 588 g/mol. The maximum absolute atomic E-state index is 11.1. The molecule has 1 aromatic heterocycles. The van der Waals surface area contributed by atoms with Crippen LogP contribution in [0.4, 0.5) is 16.4 Å². The summed E-state index contributed by atoms with van der Waals surface area (Å²) in [4.78, 5) is 21.7. The van der Waals surface area contributed by atoms with Crippen LogP contribution in [-0.4, -0.2) is 72.2 Å². The molecule has 2 aliphatic heterocycles. The van der Waals surface area contributed by atoms with E-state index in [0.717, 1.165) is 49.8 Å². The van der Waals surface area contributed by atoms with Gasteiger partial charge in [0, 0.05) is 49.4 Å². The quantitative estimate of drug-likeness (QED) is 0.262. The van der Waals surface area contributed by atoms with Crippen LogP contribution in [0, 0.1) is 17.2 Å². The summed E-state index contributed by atoms with van der Waals surface area (Å²) in [5.74, 6) is 2.73. The van der Waals surface area contributed by atoms with Crippen molar-refractivity contribution in [3.05, 3.63) is 54.2 Å². The Labute approximate surface area is 251 Å². The number of nitrogens with zero attached hydrogens (tertiary/aromatic N) is 4. The Morgan fingerprint density at radius 1 is 1.09 bits per heavy atom. The number of methoxy groups -OCH3 is 1. The van der Waals surface area contributed by atoms with Crippen molar-refractivity contribution in [1.82, 2.24) is 14.9 Å². The predicted molar refractivity (Wildman–Crippen MR) is 160 cm³/mol. The fourth-order valence-electron chi connectivity index (χ4n) is 5.40. The van der Waals surface area contributed by atoms with Crippen LogP contribution in [0.1, 0.15) is 44.1 Å². The molecule has 3 aromatic rings. The van der Waals surface area contributed by atoms with Gasteiger partial charge in [-0.05, 0) is 68.0 Å². The van der Waals surface area contributed by atoms with Gasteiger partial charge in [-0.2, -0.15) is 5.26 Å². The van der Waals surface area contributed by atoms with E-state index in [9.17, 15) is 10.1 Å². The van der Waals surface area contributed by atoms with Crippen LogP contribution in [0.5, 0.6) is 17.2 Å². The molecule has 43 heavy (non-hydrogen) atoms. The summed E-state index contributed by atoms with van der Waals surface area (Å²) in [6.45, 7) is 3.06. The van der Waals surface area contributed by atoms with E-state index in [1.54, 1.807) is 25.4 Å². The highest BCUT2D eigenvalue weighted by atomic mass is 16.5. The number of hydrogen-bond donors (Lipinski definition) is 2. The lowest BCUT2D eigenvalue weighted by Crippen LogP contribution is -2.37. The molecular formula is C32H37N5O6. The van der Waals surface area contributed by atoms with Gasteiger partial charge in [-0.1, -0.05) is 0 Å². The van der Waals surface area contributed by atoms with E-state index >= 15 is 0 Å². The van der Waals surface area contributed by atoms with Crippen LogP contribution in [0.2, 0.25) is 0 Å². The number of likely N-dealkylation sites (tertiary alicyclic amines) is 1. The van der Waals surface area contributed by atoms with E-state index in [1.807, 2.05) is 30.3 Å². The normalized spacial score (nSPS) is 15.9. The molecule has 2 fully saturated rings. The number of hydrogen-bond acceptors (Lipinski definition) is 9. The van der Waals surface area contributed by atoms with Crippen molar-refractivity contribution in [3.63, 3.8) is 0 Å². The highest BCUT2D eigenvalue weighted by Gasteiger charge is 2.22. The van der Waals surface area contributed by atoms with Crippen molar-refractivity contribution >= 4 is 17.7 Å². The molecule has 0 radical (unpaired) electrons. The van der Waals surface area contributed by atoms with Crippen molar-refractivity contribution in [1.29, 1.82) is 5.26 Å². The first kappa shape index (κ1) is 29.9. The van der Waals surface area contributed by atoms with Crippen molar-refractivity contribution in [2.24, 2.45) is 5.92 Å².